The number of piperidine rings is 1. The maximum absolute atomic E-state index is 13.0. The Hall–Kier alpha value is -2.17. The van der Waals surface area contributed by atoms with Crippen LogP contribution >= 0.6 is 0 Å². The molecule has 1 aromatic rings. The number of benzene rings is 1. The van der Waals surface area contributed by atoms with Crippen LogP contribution in [-0.2, 0) is 16.0 Å². The van der Waals surface area contributed by atoms with Crippen LogP contribution in [0.2, 0.25) is 0 Å². The minimum atomic E-state index is -5.08. The first-order chi connectivity index (χ1) is 16.0. The molecule has 2 atom stereocenters. The fraction of sp³-hybridized carbons (Fsp3) is 0.667. The van der Waals surface area contributed by atoms with E-state index in [4.69, 9.17) is 14.6 Å². The van der Waals surface area contributed by atoms with Crippen LogP contribution in [0.3, 0.4) is 0 Å². The monoisotopic (exact) mass is 486 g/mol. The first-order valence-corrected chi connectivity index (χ1v) is 11.7. The highest BCUT2D eigenvalue weighted by atomic mass is 19.4. The maximum atomic E-state index is 13.0. The number of aryl methyl sites for hydroxylation is 1. The van der Waals surface area contributed by atoms with Gasteiger partial charge in [0.15, 0.2) is 0 Å². The summed E-state index contributed by atoms with van der Waals surface area (Å²) >= 11 is 0. The SMILES string of the molecule is CCc1ccccc1C(=O)N1CCC2(CC1)COC(CN1CCC(O)C1)C2.O=C(O)C(F)(F)F. The number of aliphatic hydroxyl groups excluding tert-OH is 1. The number of nitrogens with zero attached hydrogens (tertiary/aromatic N) is 2. The highest BCUT2D eigenvalue weighted by molar-refractivity contribution is 5.95. The Bertz CT molecular complexity index is 855. The first kappa shape index (κ1) is 26.4. The third-order valence-corrected chi connectivity index (χ3v) is 6.98. The molecule has 0 aliphatic carbocycles. The van der Waals surface area contributed by atoms with Gasteiger partial charge in [-0.25, -0.2) is 4.79 Å². The van der Waals surface area contributed by atoms with Crippen LogP contribution in [0.4, 0.5) is 13.2 Å². The van der Waals surface area contributed by atoms with Gasteiger partial charge in [-0.1, -0.05) is 25.1 Å². The molecule has 2 unspecified atom stereocenters. The molecular weight excluding hydrogens is 453 g/mol. The number of likely N-dealkylation sites (tertiary alicyclic amines) is 2. The summed E-state index contributed by atoms with van der Waals surface area (Å²) in [6, 6.07) is 7.99. The van der Waals surface area contributed by atoms with E-state index in [1.807, 2.05) is 23.1 Å². The van der Waals surface area contributed by atoms with Crippen molar-refractivity contribution in [3.8, 4) is 0 Å². The molecule has 2 N–H and O–H groups in total. The second-order valence-electron chi connectivity index (χ2n) is 9.45. The Kier molecular flexibility index (Phi) is 8.59. The predicted molar refractivity (Wildman–Crippen MR) is 119 cm³/mol. The van der Waals surface area contributed by atoms with Gasteiger partial charge < -0.3 is 19.8 Å². The van der Waals surface area contributed by atoms with Crippen molar-refractivity contribution in [2.24, 2.45) is 5.41 Å². The van der Waals surface area contributed by atoms with Gasteiger partial charge >= 0.3 is 12.1 Å². The topological polar surface area (TPSA) is 90.3 Å². The number of hydrogen-bond donors (Lipinski definition) is 2. The number of carboxylic acid groups (broad SMARTS) is 1. The number of carboxylic acids is 1. The number of carbonyl (C=O) groups is 2. The Morgan fingerprint density at radius 3 is 2.38 bits per heavy atom. The average molecular weight is 487 g/mol. The lowest BCUT2D eigenvalue weighted by atomic mass is 9.76. The lowest BCUT2D eigenvalue weighted by Gasteiger charge is -2.38. The van der Waals surface area contributed by atoms with Gasteiger partial charge in [-0.2, -0.15) is 13.2 Å². The summed E-state index contributed by atoms with van der Waals surface area (Å²) in [4.78, 5) is 26.2. The minimum Gasteiger partial charge on any atom is -0.475 e. The van der Waals surface area contributed by atoms with Crippen molar-refractivity contribution in [3.63, 3.8) is 0 Å². The molecule has 3 fully saturated rings. The van der Waals surface area contributed by atoms with Gasteiger partial charge in [-0.05, 0) is 49.1 Å². The zero-order valence-electron chi connectivity index (χ0n) is 19.4. The molecule has 3 aliphatic rings. The van der Waals surface area contributed by atoms with Gasteiger partial charge in [0.2, 0.25) is 0 Å². The Balaban J connectivity index is 0.000000406. The van der Waals surface area contributed by atoms with Crippen molar-refractivity contribution < 1.29 is 37.7 Å². The van der Waals surface area contributed by atoms with Crippen molar-refractivity contribution in [1.29, 1.82) is 0 Å². The van der Waals surface area contributed by atoms with E-state index < -0.39 is 12.1 Å². The second kappa shape index (κ2) is 11.0. The van der Waals surface area contributed by atoms with Crippen molar-refractivity contribution in [3.05, 3.63) is 35.4 Å². The van der Waals surface area contributed by atoms with Crippen molar-refractivity contribution >= 4 is 11.9 Å². The number of aliphatic carboxylic acids is 1. The van der Waals surface area contributed by atoms with Crippen molar-refractivity contribution in [2.75, 3.05) is 39.3 Å². The van der Waals surface area contributed by atoms with Crippen LogP contribution in [0.25, 0.3) is 0 Å². The maximum Gasteiger partial charge on any atom is 0.490 e. The molecule has 3 aliphatic heterocycles. The molecule has 1 amide bonds. The van der Waals surface area contributed by atoms with E-state index in [-0.39, 0.29) is 23.5 Å². The Morgan fingerprint density at radius 2 is 1.82 bits per heavy atom. The van der Waals surface area contributed by atoms with Gasteiger partial charge in [-0.3, -0.25) is 9.69 Å². The molecule has 0 radical (unpaired) electrons. The lowest BCUT2D eigenvalue weighted by Crippen LogP contribution is -2.44. The highest BCUT2D eigenvalue weighted by Gasteiger charge is 2.44. The summed E-state index contributed by atoms with van der Waals surface area (Å²) in [6.07, 6.45) is -0.0425. The fourth-order valence-electron chi connectivity index (χ4n) is 5.02. The zero-order valence-corrected chi connectivity index (χ0v) is 19.4. The molecule has 10 heteroatoms. The summed E-state index contributed by atoms with van der Waals surface area (Å²) < 4.78 is 37.9. The molecule has 190 valence electrons. The van der Waals surface area contributed by atoms with Crippen molar-refractivity contribution in [1.82, 2.24) is 9.80 Å². The number of β-amino-alcohol motifs (C(OH)–C–C–N with tert-alkyl or cyclic N) is 1. The molecule has 3 heterocycles. The second-order valence-corrected chi connectivity index (χ2v) is 9.45. The smallest absolute Gasteiger partial charge is 0.475 e. The molecule has 0 saturated carbocycles. The third kappa shape index (κ3) is 6.70. The number of rotatable bonds is 4. The van der Waals surface area contributed by atoms with E-state index in [1.165, 1.54) is 0 Å². The van der Waals surface area contributed by atoms with Crippen LogP contribution in [-0.4, -0.2) is 89.6 Å². The van der Waals surface area contributed by atoms with E-state index in [0.717, 1.165) is 82.6 Å². The number of carbonyl (C=O) groups excluding carboxylic acids is 1. The lowest BCUT2D eigenvalue weighted by molar-refractivity contribution is -0.192. The zero-order chi connectivity index (χ0) is 24.9. The summed E-state index contributed by atoms with van der Waals surface area (Å²) in [6.45, 7) is 7.28. The molecule has 1 spiro atoms. The normalized spacial score (nSPS) is 24.7. The molecule has 3 saturated heterocycles. The van der Waals surface area contributed by atoms with Gasteiger partial charge in [-0.15, -0.1) is 0 Å². The third-order valence-electron chi connectivity index (χ3n) is 6.98. The molecule has 0 bridgehead atoms. The summed E-state index contributed by atoms with van der Waals surface area (Å²) in [5.41, 5.74) is 2.24. The van der Waals surface area contributed by atoms with E-state index >= 15 is 0 Å². The molecule has 34 heavy (non-hydrogen) atoms. The number of ether oxygens (including phenoxy) is 1. The summed E-state index contributed by atoms with van der Waals surface area (Å²) in [5.74, 6) is -2.57. The van der Waals surface area contributed by atoms with Gasteiger partial charge in [0, 0.05) is 38.3 Å². The largest absolute Gasteiger partial charge is 0.490 e. The predicted octanol–water partition coefficient (Wildman–Crippen LogP) is 2.96. The van der Waals surface area contributed by atoms with Crippen molar-refractivity contribution in [2.45, 2.75) is 57.4 Å². The van der Waals surface area contributed by atoms with Crippen LogP contribution in [0, 0.1) is 5.41 Å². The molecule has 4 rings (SSSR count). The molecule has 7 nitrogen and oxygen atoms in total. The number of halogens is 3. The standard InChI is InChI=1S/C22H32N2O3.C2HF3O2/c1-2-17-5-3-4-6-20(17)21(26)24-11-8-22(9-12-24)13-19(27-16-22)15-23-10-7-18(25)14-23;3-2(4,5)1(6)7/h3-6,18-19,25H,2,7-16H2,1H3;(H,6,7). The molecule has 1 aromatic carbocycles. The molecular formula is C24H33F3N2O5. The van der Waals surface area contributed by atoms with Crippen LogP contribution in [0.5, 0.6) is 0 Å². The number of aliphatic hydroxyl groups is 1. The summed E-state index contributed by atoms with van der Waals surface area (Å²) in [5, 5.41) is 16.8. The Morgan fingerprint density at radius 1 is 1.18 bits per heavy atom. The Labute approximate surface area is 197 Å². The van der Waals surface area contributed by atoms with E-state index in [9.17, 15) is 23.1 Å². The average Bonchev–Trinajstić information content (AvgIpc) is 3.39. The van der Waals surface area contributed by atoms with Crippen LogP contribution in [0.1, 0.15) is 48.5 Å². The van der Waals surface area contributed by atoms with Gasteiger partial charge in [0.1, 0.15) is 0 Å². The highest BCUT2D eigenvalue weighted by Crippen LogP contribution is 2.42. The number of alkyl halides is 3. The molecule has 0 aromatic heterocycles. The van der Waals surface area contributed by atoms with E-state index in [1.54, 1.807) is 0 Å². The number of amides is 1. The van der Waals surface area contributed by atoms with E-state index in [0.29, 0.717) is 0 Å². The number of hydrogen-bond acceptors (Lipinski definition) is 5. The van der Waals surface area contributed by atoms with Gasteiger partial charge in [0.25, 0.3) is 5.91 Å². The minimum absolute atomic E-state index is 0.166. The van der Waals surface area contributed by atoms with E-state index in [2.05, 4.69) is 17.9 Å². The first-order valence-electron chi connectivity index (χ1n) is 11.7. The van der Waals surface area contributed by atoms with Gasteiger partial charge in [0.05, 0.1) is 18.8 Å². The summed E-state index contributed by atoms with van der Waals surface area (Å²) in [7, 11) is 0. The fourth-order valence-corrected chi connectivity index (χ4v) is 5.02. The quantitative estimate of drug-likeness (QED) is 0.680. The van der Waals surface area contributed by atoms with Crippen LogP contribution in [0.15, 0.2) is 24.3 Å². The van der Waals surface area contributed by atoms with Crippen LogP contribution < -0.4 is 0 Å².